The predicted molar refractivity (Wildman–Crippen MR) is 79.2 cm³/mol. The number of rotatable bonds is 4. The van der Waals surface area contributed by atoms with Gasteiger partial charge < -0.3 is 11.1 Å². The molecular weight excluding hydrogens is 290 g/mol. The number of aromatic nitrogens is 1. The van der Waals surface area contributed by atoms with Crippen LogP contribution < -0.4 is 11.1 Å². The lowest BCUT2D eigenvalue weighted by Crippen LogP contribution is -2.02. The molecule has 0 aliphatic rings. The van der Waals surface area contributed by atoms with Crippen LogP contribution in [0.1, 0.15) is 11.1 Å². The molecule has 0 radical (unpaired) electrons. The summed E-state index contributed by atoms with van der Waals surface area (Å²) in [6.07, 6.45) is 2.70. The number of nitrogens with one attached hydrogen (secondary N) is 1. The van der Waals surface area contributed by atoms with E-state index in [0.29, 0.717) is 6.54 Å². The fourth-order valence-electron chi connectivity index (χ4n) is 1.73. The maximum atomic E-state index is 5.53. The lowest BCUT2D eigenvalue weighted by Gasteiger charge is -2.09. The molecule has 1 aromatic carbocycles. The fourth-order valence-corrected chi connectivity index (χ4v) is 2.18. The van der Waals surface area contributed by atoms with E-state index in [4.69, 9.17) is 5.73 Å². The molecule has 0 bridgehead atoms. The van der Waals surface area contributed by atoms with Crippen molar-refractivity contribution in [3.05, 3.63) is 52.1 Å². The van der Waals surface area contributed by atoms with Crippen LogP contribution in [0, 0.1) is 6.92 Å². The lowest BCUT2D eigenvalue weighted by molar-refractivity contribution is 0.969. The second-order valence-electron chi connectivity index (χ2n) is 4.18. The Morgan fingerprint density at radius 2 is 2.00 bits per heavy atom. The quantitative estimate of drug-likeness (QED) is 0.910. The van der Waals surface area contributed by atoms with E-state index in [0.717, 1.165) is 28.0 Å². The van der Waals surface area contributed by atoms with Crippen LogP contribution in [-0.4, -0.2) is 11.5 Å². The molecule has 0 unspecified atom stereocenters. The molecule has 1 heterocycles. The topological polar surface area (TPSA) is 50.9 Å². The van der Waals surface area contributed by atoms with E-state index in [1.807, 2.05) is 25.1 Å². The van der Waals surface area contributed by atoms with Gasteiger partial charge in [0.1, 0.15) is 5.82 Å². The third kappa shape index (κ3) is 3.31. The Morgan fingerprint density at radius 3 is 2.61 bits per heavy atom. The Labute approximate surface area is 116 Å². The molecule has 4 heteroatoms. The number of aryl methyl sites for hydroxylation is 1. The first-order valence-electron chi connectivity index (χ1n) is 5.87. The average molecular weight is 306 g/mol. The fraction of sp³-hybridized carbons (Fsp3) is 0.214. The van der Waals surface area contributed by atoms with E-state index in [-0.39, 0.29) is 0 Å². The minimum atomic E-state index is 0.681. The Balaban J connectivity index is 2.13. The highest BCUT2D eigenvalue weighted by Gasteiger charge is 2.01. The second kappa shape index (κ2) is 5.98. The first kappa shape index (κ1) is 13.1. The molecule has 1 aromatic heterocycles. The van der Waals surface area contributed by atoms with Gasteiger partial charge in [0.2, 0.25) is 0 Å². The van der Waals surface area contributed by atoms with Crippen molar-refractivity contribution in [3.63, 3.8) is 0 Å². The molecule has 2 aromatic rings. The number of hydrogen-bond acceptors (Lipinski definition) is 3. The third-order valence-corrected chi connectivity index (χ3v) is 3.13. The van der Waals surface area contributed by atoms with Crippen molar-refractivity contribution >= 4 is 27.4 Å². The van der Waals surface area contributed by atoms with Crippen molar-refractivity contribution in [2.75, 3.05) is 11.9 Å². The molecule has 0 saturated carbocycles. The van der Waals surface area contributed by atoms with Crippen molar-refractivity contribution in [2.24, 2.45) is 5.73 Å². The molecule has 0 fully saturated rings. The van der Waals surface area contributed by atoms with Crippen molar-refractivity contribution in [1.29, 1.82) is 0 Å². The van der Waals surface area contributed by atoms with E-state index in [1.165, 1.54) is 5.56 Å². The van der Waals surface area contributed by atoms with Gasteiger partial charge in [-0.1, -0.05) is 12.1 Å². The molecular formula is C14H16BrN3. The Hall–Kier alpha value is -1.39. The summed E-state index contributed by atoms with van der Waals surface area (Å²) < 4.78 is 0.990. The largest absolute Gasteiger partial charge is 0.340 e. The maximum Gasteiger partial charge on any atom is 0.133 e. The van der Waals surface area contributed by atoms with Crippen LogP contribution in [0.3, 0.4) is 0 Å². The lowest BCUT2D eigenvalue weighted by atomic mass is 10.1. The van der Waals surface area contributed by atoms with Crippen LogP contribution in [-0.2, 0) is 6.42 Å². The zero-order valence-corrected chi connectivity index (χ0v) is 11.9. The molecule has 3 N–H and O–H groups in total. The Bertz CT molecular complexity index is 523. The summed E-state index contributed by atoms with van der Waals surface area (Å²) in [7, 11) is 0. The van der Waals surface area contributed by atoms with Gasteiger partial charge in [-0.15, -0.1) is 0 Å². The summed E-state index contributed by atoms with van der Waals surface area (Å²) in [6.45, 7) is 2.71. The van der Waals surface area contributed by atoms with Gasteiger partial charge >= 0.3 is 0 Å². The highest BCUT2D eigenvalue weighted by atomic mass is 79.9. The highest BCUT2D eigenvalue weighted by Crippen LogP contribution is 2.21. The number of anilines is 2. The first-order valence-corrected chi connectivity index (χ1v) is 6.66. The summed E-state index contributed by atoms with van der Waals surface area (Å²) in [4.78, 5) is 4.35. The monoisotopic (exact) mass is 305 g/mol. The molecule has 18 heavy (non-hydrogen) atoms. The zero-order valence-electron chi connectivity index (χ0n) is 10.3. The summed E-state index contributed by atoms with van der Waals surface area (Å²) in [5.74, 6) is 0.879. The molecule has 0 aliphatic carbocycles. The normalized spacial score (nSPS) is 10.4. The summed E-state index contributed by atoms with van der Waals surface area (Å²) in [5, 5.41) is 3.31. The number of halogens is 1. The summed E-state index contributed by atoms with van der Waals surface area (Å²) in [6, 6.07) is 10.3. The van der Waals surface area contributed by atoms with E-state index in [1.54, 1.807) is 6.20 Å². The maximum absolute atomic E-state index is 5.53. The molecule has 0 aliphatic heterocycles. The standard InChI is InChI=1S/C14H16BrN3/c1-10-8-12(15)9-17-14(10)18-13-4-2-11(3-5-13)6-7-16/h2-5,8-9H,6-7,16H2,1H3,(H,17,18). The number of benzene rings is 1. The number of nitrogens with two attached hydrogens (primary N) is 1. The van der Waals surface area contributed by atoms with Gasteiger partial charge in [-0.3, -0.25) is 0 Å². The second-order valence-corrected chi connectivity index (χ2v) is 5.10. The summed E-state index contributed by atoms with van der Waals surface area (Å²) in [5.41, 5.74) is 8.92. The van der Waals surface area contributed by atoms with E-state index >= 15 is 0 Å². The van der Waals surface area contributed by atoms with E-state index in [2.05, 4.69) is 38.4 Å². The minimum absolute atomic E-state index is 0.681. The molecule has 0 atom stereocenters. The van der Waals surface area contributed by atoms with Crippen LogP contribution >= 0.6 is 15.9 Å². The van der Waals surface area contributed by atoms with Gasteiger partial charge in [0.05, 0.1) is 0 Å². The molecule has 0 saturated heterocycles. The van der Waals surface area contributed by atoms with Crippen LogP contribution in [0.15, 0.2) is 41.0 Å². The molecule has 0 spiro atoms. The zero-order chi connectivity index (χ0) is 13.0. The number of pyridine rings is 1. The van der Waals surface area contributed by atoms with Crippen LogP contribution in [0.2, 0.25) is 0 Å². The van der Waals surface area contributed by atoms with Crippen molar-refractivity contribution in [3.8, 4) is 0 Å². The van der Waals surface area contributed by atoms with Crippen LogP contribution in [0.5, 0.6) is 0 Å². The minimum Gasteiger partial charge on any atom is -0.340 e. The smallest absolute Gasteiger partial charge is 0.133 e. The first-order chi connectivity index (χ1) is 8.69. The number of hydrogen-bond donors (Lipinski definition) is 2. The number of nitrogens with zero attached hydrogens (tertiary/aromatic N) is 1. The molecule has 3 nitrogen and oxygen atoms in total. The van der Waals surface area contributed by atoms with E-state index in [9.17, 15) is 0 Å². The Kier molecular flexibility index (Phi) is 4.33. The van der Waals surface area contributed by atoms with Gasteiger partial charge in [-0.2, -0.15) is 0 Å². The van der Waals surface area contributed by atoms with Crippen molar-refractivity contribution in [2.45, 2.75) is 13.3 Å². The molecule has 0 amide bonds. The van der Waals surface area contributed by atoms with Gasteiger partial charge in [-0.25, -0.2) is 4.98 Å². The average Bonchev–Trinajstić information content (AvgIpc) is 2.35. The van der Waals surface area contributed by atoms with Crippen molar-refractivity contribution < 1.29 is 0 Å². The molecule has 2 rings (SSSR count). The van der Waals surface area contributed by atoms with Gasteiger partial charge in [-0.05, 0) is 65.1 Å². The van der Waals surface area contributed by atoms with Gasteiger partial charge in [0, 0.05) is 16.4 Å². The molecule has 94 valence electrons. The van der Waals surface area contributed by atoms with Crippen LogP contribution in [0.25, 0.3) is 0 Å². The SMILES string of the molecule is Cc1cc(Br)cnc1Nc1ccc(CCN)cc1. The van der Waals surface area contributed by atoms with Gasteiger partial charge in [0.25, 0.3) is 0 Å². The third-order valence-electron chi connectivity index (χ3n) is 2.69. The van der Waals surface area contributed by atoms with Crippen molar-refractivity contribution in [1.82, 2.24) is 4.98 Å². The summed E-state index contributed by atoms with van der Waals surface area (Å²) >= 11 is 3.41. The Morgan fingerprint density at radius 1 is 1.28 bits per heavy atom. The predicted octanol–water partition coefficient (Wildman–Crippen LogP) is 3.40. The van der Waals surface area contributed by atoms with E-state index < -0.39 is 0 Å². The highest BCUT2D eigenvalue weighted by molar-refractivity contribution is 9.10. The van der Waals surface area contributed by atoms with Crippen LogP contribution in [0.4, 0.5) is 11.5 Å². The van der Waals surface area contributed by atoms with Gasteiger partial charge in [0.15, 0.2) is 0 Å².